The summed E-state index contributed by atoms with van der Waals surface area (Å²) in [5, 5.41) is 8.62. The number of carboxylic acids is 1. The maximum absolute atomic E-state index is 11.9. The normalized spacial score (nSPS) is 11.4. The highest BCUT2D eigenvalue weighted by molar-refractivity contribution is 5.69. The molecule has 0 aliphatic carbocycles. The molecule has 230 valence electrons. The minimum absolute atomic E-state index is 0.00109. The van der Waals surface area contributed by atoms with Crippen molar-refractivity contribution < 1.29 is 19.4 Å². The molecule has 1 N–H and O–H groups in total. The quantitative estimate of drug-likeness (QED) is 0.0514. The van der Waals surface area contributed by atoms with Crippen LogP contribution in [-0.2, 0) is 14.3 Å². The second-order valence-electron chi connectivity index (χ2n) is 11.6. The molecule has 39 heavy (non-hydrogen) atoms. The van der Waals surface area contributed by atoms with E-state index >= 15 is 0 Å². The molecule has 0 saturated heterocycles. The molecule has 0 fully saturated rings. The van der Waals surface area contributed by atoms with Crippen LogP contribution in [0, 0.1) is 0 Å². The van der Waals surface area contributed by atoms with E-state index in [1.54, 1.807) is 0 Å². The highest BCUT2D eigenvalue weighted by atomic mass is 16.5. The Balaban J connectivity index is 3.16. The van der Waals surface area contributed by atoms with Crippen molar-refractivity contribution in [1.82, 2.24) is 0 Å². The van der Waals surface area contributed by atoms with Crippen molar-refractivity contribution in [3.05, 3.63) is 12.2 Å². The Hall–Kier alpha value is -1.32. The first-order valence-corrected chi connectivity index (χ1v) is 17.2. The Morgan fingerprint density at radius 2 is 0.846 bits per heavy atom. The molecule has 0 aliphatic rings. The standard InChI is InChI=1S/C35H66O4/c1-2-3-4-5-6-7-16-20-23-26-29-32-35(38)39-33-30-27-24-21-18-15-13-11-9-8-10-12-14-17-19-22-25-28-31-34(36)37/h5-6H,2-4,7-33H2,1H3,(H,36,37)/b6-5-. The highest BCUT2D eigenvalue weighted by Crippen LogP contribution is 2.15. The first-order chi connectivity index (χ1) is 19.2. The van der Waals surface area contributed by atoms with Gasteiger partial charge in [-0.25, -0.2) is 0 Å². The smallest absolute Gasteiger partial charge is 0.305 e. The van der Waals surface area contributed by atoms with Gasteiger partial charge in [0.15, 0.2) is 0 Å². The topological polar surface area (TPSA) is 63.6 Å². The van der Waals surface area contributed by atoms with E-state index in [-0.39, 0.29) is 5.97 Å². The van der Waals surface area contributed by atoms with Gasteiger partial charge < -0.3 is 9.84 Å². The number of hydrogen-bond acceptors (Lipinski definition) is 3. The van der Waals surface area contributed by atoms with E-state index in [0.29, 0.717) is 19.4 Å². The molecule has 0 atom stereocenters. The molecule has 0 radical (unpaired) electrons. The van der Waals surface area contributed by atoms with Crippen LogP contribution < -0.4 is 0 Å². The lowest BCUT2D eigenvalue weighted by molar-refractivity contribution is -0.144. The van der Waals surface area contributed by atoms with E-state index in [9.17, 15) is 9.59 Å². The minimum atomic E-state index is -0.662. The second-order valence-corrected chi connectivity index (χ2v) is 11.6. The van der Waals surface area contributed by atoms with Gasteiger partial charge >= 0.3 is 11.9 Å². The number of aliphatic carboxylic acids is 1. The summed E-state index contributed by atoms with van der Waals surface area (Å²) in [4.78, 5) is 22.3. The molecule has 0 aromatic carbocycles. The lowest BCUT2D eigenvalue weighted by Gasteiger charge is -2.06. The number of unbranched alkanes of at least 4 members (excludes halogenated alkanes) is 24. The highest BCUT2D eigenvalue weighted by Gasteiger charge is 2.02. The van der Waals surface area contributed by atoms with Crippen LogP contribution in [-0.4, -0.2) is 23.7 Å². The van der Waals surface area contributed by atoms with Crippen LogP contribution in [0.15, 0.2) is 12.2 Å². The molecule has 0 aromatic rings. The number of allylic oxidation sites excluding steroid dienone is 2. The Morgan fingerprint density at radius 1 is 0.487 bits per heavy atom. The van der Waals surface area contributed by atoms with Crippen molar-refractivity contribution in [2.75, 3.05) is 6.61 Å². The molecule has 4 nitrogen and oxygen atoms in total. The van der Waals surface area contributed by atoms with Crippen LogP contribution in [0.2, 0.25) is 0 Å². The van der Waals surface area contributed by atoms with E-state index in [0.717, 1.165) is 32.1 Å². The molecule has 0 heterocycles. The summed E-state index contributed by atoms with van der Waals surface area (Å²) in [7, 11) is 0. The molecular weight excluding hydrogens is 484 g/mol. The largest absolute Gasteiger partial charge is 0.481 e. The molecule has 0 unspecified atom stereocenters. The molecule has 0 spiro atoms. The maximum Gasteiger partial charge on any atom is 0.305 e. The zero-order chi connectivity index (χ0) is 28.5. The van der Waals surface area contributed by atoms with Gasteiger partial charge in [-0.1, -0.05) is 154 Å². The molecule has 0 aliphatic heterocycles. The molecule has 0 rings (SSSR count). The summed E-state index contributed by atoms with van der Waals surface area (Å²) >= 11 is 0. The average molecular weight is 551 g/mol. The average Bonchev–Trinajstić information content (AvgIpc) is 2.92. The van der Waals surface area contributed by atoms with Gasteiger partial charge in [0.05, 0.1) is 6.61 Å². The summed E-state index contributed by atoms with van der Waals surface area (Å²) < 4.78 is 5.41. The summed E-state index contributed by atoms with van der Waals surface area (Å²) in [6, 6.07) is 0. The maximum atomic E-state index is 11.9. The summed E-state index contributed by atoms with van der Waals surface area (Å²) in [6.07, 6.45) is 39.3. The Labute approximate surface area is 243 Å². The second kappa shape index (κ2) is 32.9. The number of hydrogen-bond donors (Lipinski definition) is 1. The van der Waals surface area contributed by atoms with Gasteiger partial charge in [-0.05, 0) is 38.5 Å². The van der Waals surface area contributed by atoms with Crippen molar-refractivity contribution in [2.24, 2.45) is 0 Å². The van der Waals surface area contributed by atoms with Gasteiger partial charge in [-0.15, -0.1) is 0 Å². The lowest BCUT2D eigenvalue weighted by Crippen LogP contribution is -2.05. The molecular formula is C35H66O4. The number of carbonyl (C=O) groups is 2. The van der Waals surface area contributed by atoms with Crippen molar-refractivity contribution >= 4 is 11.9 Å². The predicted octanol–water partition coefficient (Wildman–Crippen LogP) is 11.5. The van der Waals surface area contributed by atoms with E-state index in [2.05, 4.69) is 19.1 Å². The molecule has 0 aromatic heterocycles. The van der Waals surface area contributed by atoms with Crippen LogP contribution in [0.1, 0.15) is 193 Å². The third-order valence-corrected chi connectivity index (χ3v) is 7.69. The SMILES string of the molecule is CCCC/C=C\CCCCCCCC(=O)OCCCCCCCCCCCCCCCCCCCCC(=O)O. The fourth-order valence-electron chi connectivity index (χ4n) is 5.08. The lowest BCUT2D eigenvalue weighted by atomic mass is 10.0. The summed E-state index contributed by atoms with van der Waals surface area (Å²) in [5.74, 6) is -0.663. The molecule has 0 amide bonds. The molecule has 4 heteroatoms. The fourth-order valence-corrected chi connectivity index (χ4v) is 5.08. The number of esters is 1. The first-order valence-electron chi connectivity index (χ1n) is 17.2. The van der Waals surface area contributed by atoms with E-state index < -0.39 is 5.97 Å². The van der Waals surface area contributed by atoms with Crippen LogP contribution in [0.25, 0.3) is 0 Å². The number of ether oxygens (including phenoxy) is 1. The molecule has 0 bridgehead atoms. The van der Waals surface area contributed by atoms with Gasteiger partial charge in [0.2, 0.25) is 0 Å². The fraction of sp³-hybridized carbons (Fsp3) is 0.886. The minimum Gasteiger partial charge on any atom is -0.481 e. The van der Waals surface area contributed by atoms with Crippen molar-refractivity contribution in [3.63, 3.8) is 0 Å². The summed E-state index contributed by atoms with van der Waals surface area (Å²) in [5.41, 5.74) is 0. The summed E-state index contributed by atoms with van der Waals surface area (Å²) in [6.45, 7) is 2.84. The number of carbonyl (C=O) groups excluding carboxylic acids is 1. The number of rotatable bonds is 32. The van der Waals surface area contributed by atoms with Gasteiger partial charge in [0.1, 0.15) is 0 Å². The van der Waals surface area contributed by atoms with Gasteiger partial charge in [-0.3, -0.25) is 9.59 Å². The van der Waals surface area contributed by atoms with Gasteiger partial charge in [-0.2, -0.15) is 0 Å². The van der Waals surface area contributed by atoms with Crippen LogP contribution in [0.3, 0.4) is 0 Å². The first kappa shape index (κ1) is 37.7. The Kier molecular flexibility index (Phi) is 31.8. The number of carboxylic acid groups (broad SMARTS) is 1. The third kappa shape index (κ3) is 34.7. The van der Waals surface area contributed by atoms with E-state index in [4.69, 9.17) is 9.84 Å². The van der Waals surface area contributed by atoms with E-state index in [1.807, 2.05) is 0 Å². The monoisotopic (exact) mass is 550 g/mol. The Morgan fingerprint density at radius 3 is 1.28 bits per heavy atom. The zero-order valence-electron chi connectivity index (χ0n) is 26.0. The van der Waals surface area contributed by atoms with Crippen molar-refractivity contribution in [2.45, 2.75) is 193 Å². The van der Waals surface area contributed by atoms with E-state index in [1.165, 1.54) is 141 Å². The van der Waals surface area contributed by atoms with Crippen molar-refractivity contribution in [1.29, 1.82) is 0 Å². The van der Waals surface area contributed by atoms with Crippen molar-refractivity contribution in [3.8, 4) is 0 Å². The van der Waals surface area contributed by atoms with Crippen LogP contribution >= 0.6 is 0 Å². The third-order valence-electron chi connectivity index (χ3n) is 7.69. The Bertz CT molecular complexity index is 543. The van der Waals surface area contributed by atoms with Crippen LogP contribution in [0.4, 0.5) is 0 Å². The molecule has 0 saturated carbocycles. The van der Waals surface area contributed by atoms with Crippen LogP contribution in [0.5, 0.6) is 0 Å². The van der Waals surface area contributed by atoms with Gasteiger partial charge in [0, 0.05) is 12.8 Å². The zero-order valence-corrected chi connectivity index (χ0v) is 26.0. The van der Waals surface area contributed by atoms with Gasteiger partial charge in [0.25, 0.3) is 0 Å². The predicted molar refractivity (Wildman–Crippen MR) is 167 cm³/mol.